The standard InChI is InChI=1S/C13H13N3O3S/c1-9-2-7-13(17)12(8-9)16-15-10-3-5-11(6-4-10)20(14,18)19/h2-8,17H,1H3,(H2,14,18,19). The van der Waals surface area contributed by atoms with Gasteiger partial charge in [0.1, 0.15) is 11.4 Å². The molecule has 0 bridgehead atoms. The number of sulfonamides is 1. The van der Waals surface area contributed by atoms with Crippen LogP contribution in [0.2, 0.25) is 0 Å². The van der Waals surface area contributed by atoms with Crippen LogP contribution in [0.15, 0.2) is 57.6 Å². The van der Waals surface area contributed by atoms with E-state index in [0.717, 1.165) is 5.56 Å². The summed E-state index contributed by atoms with van der Waals surface area (Å²) in [7, 11) is -3.71. The van der Waals surface area contributed by atoms with Crippen LogP contribution < -0.4 is 5.14 Å². The predicted octanol–water partition coefficient (Wildman–Crippen LogP) is 2.76. The van der Waals surface area contributed by atoms with Crippen LogP contribution in [0.1, 0.15) is 5.56 Å². The lowest BCUT2D eigenvalue weighted by molar-refractivity contribution is 0.476. The summed E-state index contributed by atoms with van der Waals surface area (Å²) in [5.41, 5.74) is 1.75. The third-order valence-electron chi connectivity index (χ3n) is 2.57. The molecule has 0 saturated heterocycles. The van der Waals surface area contributed by atoms with Crippen molar-refractivity contribution in [2.75, 3.05) is 0 Å². The van der Waals surface area contributed by atoms with E-state index in [1.54, 1.807) is 12.1 Å². The van der Waals surface area contributed by atoms with Gasteiger partial charge in [-0.3, -0.25) is 0 Å². The Morgan fingerprint density at radius 2 is 1.70 bits per heavy atom. The van der Waals surface area contributed by atoms with Crippen LogP contribution >= 0.6 is 0 Å². The lowest BCUT2D eigenvalue weighted by Crippen LogP contribution is -2.11. The second-order valence-corrected chi connectivity index (χ2v) is 5.79. The van der Waals surface area contributed by atoms with E-state index in [9.17, 15) is 13.5 Å². The highest BCUT2D eigenvalue weighted by Crippen LogP contribution is 2.28. The number of phenols is 1. The number of nitrogens with two attached hydrogens (primary N) is 1. The number of nitrogens with zero attached hydrogens (tertiary/aromatic N) is 2. The van der Waals surface area contributed by atoms with Crippen molar-refractivity contribution in [3.63, 3.8) is 0 Å². The van der Waals surface area contributed by atoms with Crippen LogP contribution in [0.25, 0.3) is 0 Å². The van der Waals surface area contributed by atoms with Crippen molar-refractivity contribution in [2.45, 2.75) is 11.8 Å². The fraction of sp³-hybridized carbons (Fsp3) is 0.0769. The molecule has 0 saturated carbocycles. The van der Waals surface area contributed by atoms with Gasteiger partial charge in [-0.1, -0.05) is 6.07 Å². The number of hydrogen-bond donors (Lipinski definition) is 2. The zero-order valence-corrected chi connectivity index (χ0v) is 11.5. The van der Waals surface area contributed by atoms with Crippen molar-refractivity contribution < 1.29 is 13.5 Å². The van der Waals surface area contributed by atoms with Gasteiger partial charge >= 0.3 is 0 Å². The third-order valence-corrected chi connectivity index (χ3v) is 3.50. The fourth-order valence-electron chi connectivity index (χ4n) is 1.53. The molecule has 6 nitrogen and oxygen atoms in total. The summed E-state index contributed by atoms with van der Waals surface area (Å²) < 4.78 is 22.2. The average Bonchev–Trinajstić information content (AvgIpc) is 2.39. The molecule has 2 aromatic rings. The second kappa shape index (κ2) is 5.40. The zero-order valence-electron chi connectivity index (χ0n) is 10.7. The summed E-state index contributed by atoms with van der Waals surface area (Å²) in [4.78, 5) is 0.00912. The fourth-order valence-corrected chi connectivity index (χ4v) is 2.04. The van der Waals surface area contributed by atoms with Crippen molar-refractivity contribution in [2.24, 2.45) is 15.4 Å². The van der Waals surface area contributed by atoms with Gasteiger partial charge in [0, 0.05) is 0 Å². The minimum Gasteiger partial charge on any atom is -0.506 e. The molecule has 0 aliphatic carbocycles. The number of rotatable bonds is 3. The van der Waals surface area contributed by atoms with E-state index < -0.39 is 10.0 Å². The Kier molecular flexibility index (Phi) is 3.82. The van der Waals surface area contributed by atoms with E-state index in [2.05, 4.69) is 10.2 Å². The van der Waals surface area contributed by atoms with Gasteiger partial charge in [0.15, 0.2) is 0 Å². The van der Waals surface area contributed by atoms with Gasteiger partial charge < -0.3 is 5.11 Å². The van der Waals surface area contributed by atoms with Gasteiger partial charge in [-0.25, -0.2) is 13.6 Å². The molecule has 0 fully saturated rings. The van der Waals surface area contributed by atoms with E-state index in [0.29, 0.717) is 11.4 Å². The van der Waals surface area contributed by atoms with E-state index in [1.165, 1.54) is 30.3 Å². The van der Waals surface area contributed by atoms with E-state index in [1.807, 2.05) is 6.92 Å². The number of phenolic OH excluding ortho intramolecular Hbond substituents is 1. The minimum absolute atomic E-state index is 0.00912. The van der Waals surface area contributed by atoms with E-state index in [-0.39, 0.29) is 10.6 Å². The summed E-state index contributed by atoms with van der Waals surface area (Å²) in [6.45, 7) is 1.87. The van der Waals surface area contributed by atoms with Gasteiger partial charge in [0.05, 0.1) is 10.6 Å². The number of benzene rings is 2. The number of primary sulfonamides is 1. The molecule has 0 heterocycles. The minimum atomic E-state index is -3.71. The first-order valence-electron chi connectivity index (χ1n) is 5.70. The Bertz CT molecular complexity index is 753. The lowest BCUT2D eigenvalue weighted by atomic mass is 10.2. The molecule has 20 heavy (non-hydrogen) atoms. The second-order valence-electron chi connectivity index (χ2n) is 4.23. The Hall–Kier alpha value is -2.25. The first-order valence-corrected chi connectivity index (χ1v) is 7.25. The molecule has 2 aromatic carbocycles. The molecule has 0 radical (unpaired) electrons. The summed E-state index contributed by atoms with van der Waals surface area (Å²) in [5.74, 6) is 0.0282. The van der Waals surface area contributed by atoms with Crippen LogP contribution in [0, 0.1) is 6.92 Å². The van der Waals surface area contributed by atoms with Gasteiger partial charge in [-0.15, -0.1) is 5.11 Å². The normalized spacial score (nSPS) is 11.9. The Morgan fingerprint density at radius 1 is 1.05 bits per heavy atom. The maximum absolute atomic E-state index is 11.1. The molecule has 0 spiro atoms. The smallest absolute Gasteiger partial charge is 0.238 e. The van der Waals surface area contributed by atoms with Crippen LogP contribution in [0.4, 0.5) is 11.4 Å². The molecule has 0 unspecified atom stereocenters. The largest absolute Gasteiger partial charge is 0.506 e. The van der Waals surface area contributed by atoms with Crippen molar-refractivity contribution in [3.8, 4) is 5.75 Å². The molecule has 7 heteroatoms. The van der Waals surface area contributed by atoms with Crippen LogP contribution in [0.5, 0.6) is 5.75 Å². The molecule has 0 atom stereocenters. The maximum Gasteiger partial charge on any atom is 0.238 e. The highest BCUT2D eigenvalue weighted by Gasteiger charge is 2.06. The Balaban J connectivity index is 2.26. The topological polar surface area (TPSA) is 105 Å². The maximum atomic E-state index is 11.1. The SMILES string of the molecule is Cc1ccc(O)c(N=Nc2ccc(S(N)(=O)=O)cc2)c1. The monoisotopic (exact) mass is 291 g/mol. The molecule has 0 amide bonds. The molecular formula is C13H13N3O3S. The van der Waals surface area contributed by atoms with E-state index >= 15 is 0 Å². The van der Waals surface area contributed by atoms with Crippen LogP contribution in [-0.4, -0.2) is 13.5 Å². The van der Waals surface area contributed by atoms with Gasteiger partial charge in [0.25, 0.3) is 0 Å². The van der Waals surface area contributed by atoms with Gasteiger partial charge in [-0.2, -0.15) is 5.11 Å². The molecule has 3 N–H and O–H groups in total. The first kappa shape index (κ1) is 14.2. The van der Waals surface area contributed by atoms with Crippen molar-refractivity contribution in [1.29, 1.82) is 0 Å². The number of hydrogen-bond acceptors (Lipinski definition) is 5. The van der Waals surface area contributed by atoms with Gasteiger partial charge in [0.2, 0.25) is 10.0 Å². The molecule has 0 aromatic heterocycles. The first-order chi connectivity index (χ1) is 9.36. The summed E-state index contributed by atoms with van der Waals surface area (Å²) in [5, 5.41) is 22.5. The van der Waals surface area contributed by atoms with Gasteiger partial charge in [-0.05, 0) is 48.9 Å². The number of aromatic hydroxyl groups is 1. The van der Waals surface area contributed by atoms with Crippen LogP contribution in [0.3, 0.4) is 0 Å². The Morgan fingerprint density at radius 3 is 2.30 bits per heavy atom. The number of aryl methyl sites for hydroxylation is 1. The third kappa shape index (κ3) is 3.40. The highest BCUT2D eigenvalue weighted by molar-refractivity contribution is 7.89. The summed E-state index contributed by atoms with van der Waals surface area (Å²) >= 11 is 0. The molecule has 104 valence electrons. The highest BCUT2D eigenvalue weighted by atomic mass is 32.2. The molecular weight excluding hydrogens is 278 g/mol. The molecule has 0 aliphatic rings. The lowest BCUT2D eigenvalue weighted by Gasteiger charge is -2.00. The van der Waals surface area contributed by atoms with E-state index in [4.69, 9.17) is 5.14 Å². The quantitative estimate of drug-likeness (QED) is 0.849. The number of azo groups is 1. The summed E-state index contributed by atoms with van der Waals surface area (Å²) in [6.07, 6.45) is 0. The predicted molar refractivity (Wildman–Crippen MR) is 74.8 cm³/mol. The van der Waals surface area contributed by atoms with Crippen molar-refractivity contribution >= 4 is 21.4 Å². The Labute approximate surface area is 116 Å². The van der Waals surface area contributed by atoms with Crippen molar-refractivity contribution in [3.05, 3.63) is 48.0 Å². The van der Waals surface area contributed by atoms with Crippen molar-refractivity contribution in [1.82, 2.24) is 0 Å². The molecule has 2 rings (SSSR count). The molecule has 0 aliphatic heterocycles. The van der Waals surface area contributed by atoms with Crippen LogP contribution in [-0.2, 0) is 10.0 Å². The zero-order chi connectivity index (χ0) is 14.8. The summed E-state index contributed by atoms with van der Waals surface area (Å²) in [6, 6.07) is 10.6. The average molecular weight is 291 g/mol.